The Kier molecular flexibility index (Phi) is 9.01. The second-order valence-corrected chi connectivity index (χ2v) is 10.5. The summed E-state index contributed by atoms with van der Waals surface area (Å²) in [6.45, 7) is 3.62. The van der Waals surface area contributed by atoms with Crippen molar-refractivity contribution in [2.24, 2.45) is 5.92 Å². The van der Waals surface area contributed by atoms with Gasteiger partial charge < -0.3 is 19.7 Å². The van der Waals surface area contributed by atoms with Crippen molar-refractivity contribution in [3.63, 3.8) is 0 Å². The molecular formula is C27H37N3O4S. The van der Waals surface area contributed by atoms with E-state index in [1.807, 2.05) is 35.5 Å². The topological polar surface area (TPSA) is 80.8 Å². The van der Waals surface area contributed by atoms with Crippen LogP contribution in [0.2, 0.25) is 0 Å². The standard InChI is InChI=1S/C27H37N3O4S/c1-19-25(35-18-29-19)13-15-34-23-12-11-20(16-24(23)33-2)17-30(22-10-6-7-14-28-26(22)31)27(32)21-8-4-3-5-9-21/h11-12,16,18,21-22H,3-10,13-15,17H2,1-2H3,(H,28,31)/t22-/m0/s1. The average molecular weight is 500 g/mol. The molecule has 1 aromatic carbocycles. The molecule has 2 aromatic rings. The van der Waals surface area contributed by atoms with E-state index in [0.29, 0.717) is 37.6 Å². The largest absolute Gasteiger partial charge is 0.493 e. The van der Waals surface area contributed by atoms with Crippen LogP contribution in [0, 0.1) is 12.8 Å². The Morgan fingerprint density at radius 1 is 1.14 bits per heavy atom. The number of carbonyl (C=O) groups is 2. The van der Waals surface area contributed by atoms with E-state index >= 15 is 0 Å². The van der Waals surface area contributed by atoms with Gasteiger partial charge in [0.2, 0.25) is 11.8 Å². The van der Waals surface area contributed by atoms with Crippen molar-refractivity contribution in [1.82, 2.24) is 15.2 Å². The third-order valence-electron chi connectivity index (χ3n) is 7.13. The molecule has 190 valence electrons. The molecule has 1 aromatic heterocycles. The van der Waals surface area contributed by atoms with Gasteiger partial charge in [0.1, 0.15) is 6.04 Å². The minimum absolute atomic E-state index is 0.0134. The molecule has 1 aliphatic carbocycles. The maximum absolute atomic E-state index is 13.6. The Morgan fingerprint density at radius 2 is 1.94 bits per heavy atom. The highest BCUT2D eigenvalue weighted by Gasteiger charge is 2.35. The van der Waals surface area contributed by atoms with Crippen LogP contribution in [0.15, 0.2) is 23.7 Å². The van der Waals surface area contributed by atoms with Gasteiger partial charge in [-0.3, -0.25) is 9.59 Å². The lowest BCUT2D eigenvalue weighted by atomic mass is 9.87. The number of hydrogen-bond acceptors (Lipinski definition) is 6. The van der Waals surface area contributed by atoms with Crippen LogP contribution in [-0.4, -0.2) is 48.0 Å². The quantitative estimate of drug-likeness (QED) is 0.543. The maximum Gasteiger partial charge on any atom is 0.242 e. The van der Waals surface area contributed by atoms with Crippen molar-refractivity contribution in [3.8, 4) is 11.5 Å². The molecule has 0 spiro atoms. The van der Waals surface area contributed by atoms with Crippen LogP contribution in [0.1, 0.15) is 67.5 Å². The van der Waals surface area contributed by atoms with Gasteiger partial charge >= 0.3 is 0 Å². The summed E-state index contributed by atoms with van der Waals surface area (Å²) in [5, 5.41) is 3.01. The van der Waals surface area contributed by atoms with E-state index in [1.165, 1.54) is 11.3 Å². The number of carbonyl (C=O) groups excluding carboxylic acids is 2. The van der Waals surface area contributed by atoms with Crippen LogP contribution in [0.4, 0.5) is 0 Å². The normalized spacial score (nSPS) is 19.0. The summed E-state index contributed by atoms with van der Waals surface area (Å²) in [5.41, 5.74) is 3.84. The van der Waals surface area contributed by atoms with Gasteiger partial charge in [0.15, 0.2) is 11.5 Å². The summed E-state index contributed by atoms with van der Waals surface area (Å²) in [4.78, 5) is 33.9. The molecule has 2 fully saturated rings. The highest BCUT2D eigenvalue weighted by molar-refractivity contribution is 7.09. The second-order valence-electron chi connectivity index (χ2n) is 9.55. The molecule has 1 atom stereocenters. The van der Waals surface area contributed by atoms with E-state index in [-0.39, 0.29) is 17.7 Å². The highest BCUT2D eigenvalue weighted by atomic mass is 32.1. The first-order valence-corrected chi connectivity index (χ1v) is 13.7. The van der Waals surface area contributed by atoms with Crippen LogP contribution in [-0.2, 0) is 22.6 Å². The van der Waals surface area contributed by atoms with Crippen molar-refractivity contribution in [2.45, 2.75) is 77.3 Å². The van der Waals surface area contributed by atoms with Gasteiger partial charge in [-0.05, 0) is 56.7 Å². The van der Waals surface area contributed by atoms with E-state index in [0.717, 1.165) is 56.2 Å². The average Bonchev–Trinajstić information content (AvgIpc) is 3.17. The van der Waals surface area contributed by atoms with E-state index in [2.05, 4.69) is 10.3 Å². The summed E-state index contributed by atoms with van der Waals surface area (Å²) >= 11 is 1.64. The Balaban J connectivity index is 1.49. The van der Waals surface area contributed by atoms with Crippen molar-refractivity contribution in [1.29, 1.82) is 0 Å². The van der Waals surface area contributed by atoms with E-state index in [9.17, 15) is 9.59 Å². The molecule has 1 saturated heterocycles. The number of ether oxygens (including phenoxy) is 2. The predicted octanol–water partition coefficient (Wildman–Crippen LogP) is 4.66. The van der Waals surface area contributed by atoms with Crippen molar-refractivity contribution in [3.05, 3.63) is 39.8 Å². The fourth-order valence-corrected chi connectivity index (χ4v) is 5.85. The number of hydrogen-bond donors (Lipinski definition) is 1. The number of aryl methyl sites for hydroxylation is 1. The number of amides is 2. The molecule has 1 saturated carbocycles. The maximum atomic E-state index is 13.6. The van der Waals surface area contributed by atoms with Crippen molar-refractivity contribution >= 4 is 23.2 Å². The molecule has 8 heteroatoms. The van der Waals surface area contributed by atoms with Crippen LogP contribution < -0.4 is 14.8 Å². The fourth-order valence-electron chi connectivity index (χ4n) is 5.09. The summed E-state index contributed by atoms with van der Waals surface area (Å²) in [7, 11) is 1.63. The molecule has 1 N–H and O–H groups in total. The third-order valence-corrected chi connectivity index (χ3v) is 8.13. The number of thiazole rings is 1. The molecular weight excluding hydrogens is 462 g/mol. The lowest BCUT2D eigenvalue weighted by molar-refractivity contribution is -0.145. The molecule has 1 aliphatic heterocycles. The zero-order chi connectivity index (χ0) is 24.6. The molecule has 0 unspecified atom stereocenters. The van der Waals surface area contributed by atoms with Crippen molar-refractivity contribution in [2.75, 3.05) is 20.3 Å². The first kappa shape index (κ1) is 25.5. The first-order chi connectivity index (χ1) is 17.1. The Labute approximate surface area is 212 Å². The van der Waals surface area contributed by atoms with E-state index < -0.39 is 6.04 Å². The first-order valence-electron chi connectivity index (χ1n) is 12.8. The molecule has 0 radical (unpaired) electrons. The molecule has 2 heterocycles. The number of aromatic nitrogens is 1. The Hall–Kier alpha value is -2.61. The molecule has 2 aliphatic rings. The van der Waals surface area contributed by atoms with E-state index in [1.54, 1.807) is 18.4 Å². The zero-order valence-electron chi connectivity index (χ0n) is 20.9. The Morgan fingerprint density at radius 3 is 2.69 bits per heavy atom. The van der Waals surface area contributed by atoms with Gasteiger partial charge in [0.25, 0.3) is 0 Å². The lowest BCUT2D eigenvalue weighted by Gasteiger charge is -2.34. The summed E-state index contributed by atoms with van der Waals surface area (Å²) in [6, 6.07) is 5.40. The molecule has 35 heavy (non-hydrogen) atoms. The van der Waals surface area contributed by atoms with Crippen LogP contribution in [0.5, 0.6) is 11.5 Å². The van der Waals surface area contributed by atoms with Gasteiger partial charge in [0.05, 0.1) is 24.9 Å². The smallest absolute Gasteiger partial charge is 0.242 e. The zero-order valence-corrected chi connectivity index (χ0v) is 21.7. The molecule has 0 bridgehead atoms. The van der Waals surface area contributed by atoms with Crippen LogP contribution >= 0.6 is 11.3 Å². The lowest BCUT2D eigenvalue weighted by Crippen LogP contribution is -2.50. The summed E-state index contributed by atoms with van der Waals surface area (Å²) in [5.74, 6) is 1.41. The Bertz CT molecular complexity index is 1000. The van der Waals surface area contributed by atoms with Gasteiger partial charge in [-0.2, -0.15) is 0 Å². The number of methoxy groups -OCH3 is 1. The van der Waals surface area contributed by atoms with Crippen LogP contribution in [0.3, 0.4) is 0 Å². The van der Waals surface area contributed by atoms with Gasteiger partial charge in [-0.15, -0.1) is 11.3 Å². The van der Waals surface area contributed by atoms with Gasteiger partial charge in [0, 0.05) is 30.3 Å². The fraction of sp³-hybridized carbons (Fsp3) is 0.593. The van der Waals surface area contributed by atoms with Crippen LogP contribution in [0.25, 0.3) is 0 Å². The predicted molar refractivity (Wildman–Crippen MR) is 137 cm³/mol. The molecule has 4 rings (SSSR count). The van der Waals surface area contributed by atoms with Gasteiger partial charge in [-0.1, -0.05) is 25.3 Å². The number of rotatable bonds is 9. The minimum atomic E-state index is -0.420. The number of nitrogens with one attached hydrogen (secondary N) is 1. The third kappa shape index (κ3) is 6.54. The monoisotopic (exact) mass is 499 g/mol. The number of benzene rings is 1. The molecule has 7 nitrogen and oxygen atoms in total. The molecule has 2 amide bonds. The summed E-state index contributed by atoms with van der Waals surface area (Å²) < 4.78 is 11.6. The van der Waals surface area contributed by atoms with E-state index in [4.69, 9.17) is 9.47 Å². The highest BCUT2D eigenvalue weighted by Crippen LogP contribution is 2.32. The van der Waals surface area contributed by atoms with Gasteiger partial charge in [-0.25, -0.2) is 4.98 Å². The van der Waals surface area contributed by atoms with Crippen molar-refractivity contribution < 1.29 is 19.1 Å². The second kappa shape index (κ2) is 12.4. The summed E-state index contributed by atoms with van der Waals surface area (Å²) in [6.07, 6.45) is 8.58. The number of nitrogens with zero attached hydrogens (tertiary/aromatic N) is 2. The minimum Gasteiger partial charge on any atom is -0.493 e. The SMILES string of the molecule is COc1cc(CN(C(=O)C2CCCCC2)[C@H]2CCCCNC2=O)ccc1OCCc1scnc1C.